The van der Waals surface area contributed by atoms with Gasteiger partial charge >= 0.3 is 18.2 Å². The lowest BCUT2D eigenvalue weighted by Crippen LogP contribution is -2.52. The molecule has 0 bridgehead atoms. The van der Waals surface area contributed by atoms with Crippen LogP contribution in [0.1, 0.15) is 59.9 Å². The second kappa shape index (κ2) is 13.7. The molecule has 0 aliphatic heterocycles. The van der Waals surface area contributed by atoms with Crippen LogP contribution in [0.15, 0.2) is 43.0 Å². The van der Waals surface area contributed by atoms with Crippen LogP contribution in [-0.4, -0.2) is 53.5 Å². The Bertz CT molecular complexity index is 770. The number of amides is 2. The number of benzene rings is 1. The molecule has 0 aliphatic rings. The summed E-state index contributed by atoms with van der Waals surface area (Å²) in [6, 6.07) is 8.38. The Kier molecular flexibility index (Phi) is 11.7. The summed E-state index contributed by atoms with van der Waals surface area (Å²) in [5.41, 5.74) is 2.05. The number of hydrogen-bond donors (Lipinski definition) is 1. The van der Waals surface area contributed by atoms with Crippen LogP contribution in [0.2, 0.25) is 0 Å². The topological polar surface area (TPSA) is 103 Å². The summed E-state index contributed by atoms with van der Waals surface area (Å²) in [5, 5.41) is 0. The van der Waals surface area contributed by atoms with E-state index >= 15 is 0 Å². The molecule has 0 aromatic heterocycles. The molecule has 1 atom stereocenters. The van der Waals surface area contributed by atoms with Gasteiger partial charge in [-0.3, -0.25) is 4.84 Å². The van der Waals surface area contributed by atoms with Crippen molar-refractivity contribution in [3.05, 3.63) is 48.6 Å². The van der Waals surface area contributed by atoms with Gasteiger partial charge in [0.05, 0.1) is 6.61 Å². The molecule has 0 spiro atoms. The fourth-order valence-electron chi connectivity index (χ4n) is 2.69. The number of rotatable bonds is 11. The minimum absolute atomic E-state index is 0.0652. The van der Waals surface area contributed by atoms with Crippen molar-refractivity contribution in [2.24, 2.45) is 0 Å². The van der Waals surface area contributed by atoms with Gasteiger partial charge in [-0.1, -0.05) is 43.0 Å². The predicted molar refractivity (Wildman–Crippen MR) is 128 cm³/mol. The van der Waals surface area contributed by atoms with E-state index in [9.17, 15) is 14.4 Å². The van der Waals surface area contributed by atoms with Crippen LogP contribution in [0, 0.1) is 0 Å². The van der Waals surface area contributed by atoms with E-state index in [-0.39, 0.29) is 13.0 Å². The smallest absolute Gasteiger partial charge is 0.420 e. The van der Waals surface area contributed by atoms with Crippen molar-refractivity contribution < 1.29 is 33.4 Å². The Morgan fingerprint density at radius 1 is 1.00 bits per heavy atom. The molecule has 0 radical (unpaired) electrons. The molecule has 0 aliphatic carbocycles. The first-order valence-electron chi connectivity index (χ1n) is 11.3. The molecule has 190 valence electrons. The summed E-state index contributed by atoms with van der Waals surface area (Å²) in [7, 11) is 0. The minimum Gasteiger partial charge on any atom is -0.460 e. The van der Waals surface area contributed by atoms with Crippen LogP contribution in [0.5, 0.6) is 0 Å². The van der Waals surface area contributed by atoms with Crippen LogP contribution in [0.25, 0.3) is 0 Å². The van der Waals surface area contributed by atoms with E-state index in [0.29, 0.717) is 24.5 Å². The average molecular weight is 479 g/mol. The molecule has 0 saturated carbocycles. The Balaban J connectivity index is 2.92. The molecule has 1 aromatic rings. The molecule has 1 rings (SSSR count). The third-order valence-corrected chi connectivity index (χ3v) is 4.05. The second-order valence-electron chi connectivity index (χ2n) is 9.58. The summed E-state index contributed by atoms with van der Waals surface area (Å²) < 4.78 is 15.9. The van der Waals surface area contributed by atoms with E-state index in [4.69, 9.17) is 19.0 Å². The molecule has 0 saturated heterocycles. The zero-order valence-corrected chi connectivity index (χ0v) is 21.1. The van der Waals surface area contributed by atoms with Gasteiger partial charge < -0.3 is 14.2 Å². The van der Waals surface area contributed by atoms with Crippen LogP contribution < -0.4 is 5.48 Å². The highest BCUT2D eigenvalue weighted by Crippen LogP contribution is 2.20. The number of esters is 1. The highest BCUT2D eigenvalue weighted by atomic mass is 16.6. The van der Waals surface area contributed by atoms with Crippen molar-refractivity contribution in [3.63, 3.8) is 0 Å². The minimum atomic E-state index is -1.25. The number of imide groups is 1. The van der Waals surface area contributed by atoms with E-state index in [1.165, 1.54) is 6.08 Å². The molecule has 2 amide bonds. The summed E-state index contributed by atoms with van der Waals surface area (Å²) in [6.45, 7) is 14.2. The van der Waals surface area contributed by atoms with Gasteiger partial charge in [0.15, 0.2) is 0 Å². The summed E-state index contributed by atoms with van der Waals surface area (Å²) in [6.07, 6.45) is -0.0775. The largest absolute Gasteiger partial charge is 0.460 e. The standard InChI is InChI=1S/C25H38N2O7/c1-8-17-31-21(28)20(15-12-16-26-32-18-19-13-10-9-11-14-19)27(22(29)33-24(2,3)4)23(30)34-25(5,6)7/h8-11,13-14,20,26H,1,12,15-18H2,2-7H3/t20-/m0/s1. The lowest BCUT2D eigenvalue weighted by Gasteiger charge is -2.32. The number of ether oxygens (including phenoxy) is 3. The van der Waals surface area contributed by atoms with Gasteiger partial charge in [0, 0.05) is 6.54 Å². The van der Waals surface area contributed by atoms with Crippen molar-refractivity contribution in [1.29, 1.82) is 0 Å². The van der Waals surface area contributed by atoms with Crippen LogP contribution >= 0.6 is 0 Å². The molecule has 0 fully saturated rings. The molecule has 1 N–H and O–H groups in total. The number of carbonyl (C=O) groups is 3. The number of nitrogens with one attached hydrogen (secondary N) is 1. The second-order valence-corrected chi connectivity index (χ2v) is 9.58. The van der Waals surface area contributed by atoms with Gasteiger partial charge in [-0.2, -0.15) is 4.90 Å². The fraction of sp³-hybridized carbons (Fsp3) is 0.560. The molecular weight excluding hydrogens is 440 g/mol. The van der Waals surface area contributed by atoms with Crippen LogP contribution in [0.4, 0.5) is 9.59 Å². The predicted octanol–water partition coefficient (Wildman–Crippen LogP) is 4.76. The Morgan fingerprint density at radius 2 is 1.56 bits per heavy atom. The van der Waals surface area contributed by atoms with E-state index < -0.39 is 35.4 Å². The Labute approximate surface area is 202 Å². The van der Waals surface area contributed by atoms with E-state index in [1.807, 2.05) is 30.3 Å². The van der Waals surface area contributed by atoms with E-state index in [1.54, 1.807) is 41.5 Å². The summed E-state index contributed by atoms with van der Waals surface area (Å²) in [4.78, 5) is 44.8. The summed E-state index contributed by atoms with van der Waals surface area (Å²) in [5.74, 6) is -0.762. The average Bonchev–Trinajstić information content (AvgIpc) is 2.71. The summed E-state index contributed by atoms with van der Waals surface area (Å²) >= 11 is 0. The molecule has 1 aromatic carbocycles. The molecule has 9 heteroatoms. The first-order chi connectivity index (χ1) is 15.8. The number of nitrogens with zero attached hydrogens (tertiary/aromatic N) is 1. The van der Waals surface area contributed by atoms with E-state index in [2.05, 4.69) is 12.1 Å². The van der Waals surface area contributed by atoms with Gasteiger partial charge in [0.2, 0.25) is 0 Å². The zero-order valence-electron chi connectivity index (χ0n) is 21.1. The SMILES string of the molecule is C=CCOC(=O)[C@H](CCCNOCc1ccccc1)N(C(=O)OC(C)(C)C)C(=O)OC(C)(C)C. The first-order valence-corrected chi connectivity index (χ1v) is 11.3. The first kappa shape index (κ1) is 29.1. The zero-order chi connectivity index (χ0) is 25.8. The highest BCUT2D eigenvalue weighted by molar-refractivity contribution is 5.94. The van der Waals surface area contributed by atoms with Crippen molar-refractivity contribution in [3.8, 4) is 0 Å². The van der Waals surface area contributed by atoms with E-state index in [0.717, 1.165) is 5.56 Å². The van der Waals surface area contributed by atoms with Gasteiger partial charge in [-0.25, -0.2) is 19.9 Å². The lowest BCUT2D eigenvalue weighted by atomic mass is 10.1. The normalized spacial score (nSPS) is 12.4. The third kappa shape index (κ3) is 11.8. The van der Waals surface area contributed by atoms with Gasteiger partial charge in [0.1, 0.15) is 23.9 Å². The molecule has 0 unspecified atom stereocenters. The monoisotopic (exact) mass is 478 g/mol. The van der Waals surface area contributed by atoms with Gasteiger partial charge in [0.25, 0.3) is 0 Å². The molecule has 34 heavy (non-hydrogen) atoms. The maximum absolute atomic E-state index is 12.9. The van der Waals surface area contributed by atoms with Crippen LogP contribution in [0.3, 0.4) is 0 Å². The maximum Gasteiger partial charge on any atom is 0.420 e. The maximum atomic E-state index is 12.9. The molecule has 9 nitrogen and oxygen atoms in total. The van der Waals surface area contributed by atoms with Crippen molar-refractivity contribution in [2.45, 2.75) is 78.2 Å². The molecule has 0 heterocycles. The highest BCUT2D eigenvalue weighted by Gasteiger charge is 2.40. The number of carbonyl (C=O) groups excluding carboxylic acids is 3. The van der Waals surface area contributed by atoms with Crippen molar-refractivity contribution >= 4 is 18.2 Å². The lowest BCUT2D eigenvalue weighted by molar-refractivity contribution is -0.148. The number of hydroxylamine groups is 1. The number of hydrogen-bond acceptors (Lipinski definition) is 8. The van der Waals surface area contributed by atoms with Gasteiger partial charge in [-0.05, 0) is 59.9 Å². The quantitative estimate of drug-likeness (QED) is 0.160. The third-order valence-electron chi connectivity index (χ3n) is 4.05. The van der Waals surface area contributed by atoms with Crippen molar-refractivity contribution in [2.75, 3.05) is 13.2 Å². The van der Waals surface area contributed by atoms with Crippen molar-refractivity contribution in [1.82, 2.24) is 10.4 Å². The Morgan fingerprint density at radius 3 is 2.06 bits per heavy atom. The fourth-order valence-corrected chi connectivity index (χ4v) is 2.69. The van der Waals surface area contributed by atoms with Gasteiger partial charge in [-0.15, -0.1) is 0 Å². The Hall–Kier alpha value is -2.91. The molecular formula is C25H38N2O7. The van der Waals surface area contributed by atoms with Crippen LogP contribution in [-0.2, 0) is 30.4 Å².